The SMILES string of the molecule is C=C(NC(C)CC)C(C)CC. The van der Waals surface area contributed by atoms with Crippen molar-refractivity contribution in [2.24, 2.45) is 5.92 Å². The van der Waals surface area contributed by atoms with Crippen LogP contribution in [0.5, 0.6) is 0 Å². The lowest BCUT2D eigenvalue weighted by Crippen LogP contribution is -2.26. The molecule has 0 aromatic carbocycles. The first-order valence-corrected chi connectivity index (χ1v) is 4.57. The normalized spacial score (nSPS) is 15.6. The summed E-state index contributed by atoms with van der Waals surface area (Å²) in [5.74, 6) is 0.601. The Kier molecular flexibility index (Phi) is 5.01. The monoisotopic (exact) mass is 155 g/mol. The molecule has 0 aliphatic carbocycles. The minimum absolute atomic E-state index is 0.566. The second-order valence-electron chi connectivity index (χ2n) is 3.29. The third-order valence-corrected chi connectivity index (χ3v) is 2.25. The van der Waals surface area contributed by atoms with Gasteiger partial charge >= 0.3 is 0 Å². The average Bonchev–Trinajstić information content (AvgIpc) is 2.02. The predicted molar refractivity (Wildman–Crippen MR) is 51.5 cm³/mol. The number of rotatable bonds is 5. The maximum absolute atomic E-state index is 4.00. The second kappa shape index (κ2) is 5.22. The van der Waals surface area contributed by atoms with Crippen molar-refractivity contribution < 1.29 is 0 Å². The molecule has 11 heavy (non-hydrogen) atoms. The zero-order valence-corrected chi connectivity index (χ0v) is 8.28. The summed E-state index contributed by atoms with van der Waals surface area (Å²) in [5, 5.41) is 3.39. The standard InChI is InChI=1S/C10H21N/c1-6-8(3)10(5)11-9(4)7-2/h8-9,11H,5-7H2,1-4H3. The van der Waals surface area contributed by atoms with Crippen LogP contribution in [0.2, 0.25) is 0 Å². The van der Waals surface area contributed by atoms with E-state index in [1.165, 1.54) is 12.1 Å². The molecule has 0 spiro atoms. The van der Waals surface area contributed by atoms with Crippen molar-refractivity contribution in [1.82, 2.24) is 5.32 Å². The largest absolute Gasteiger partial charge is 0.386 e. The zero-order valence-electron chi connectivity index (χ0n) is 8.28. The molecule has 0 heterocycles. The number of allylic oxidation sites excluding steroid dienone is 1. The minimum atomic E-state index is 0.566. The van der Waals surface area contributed by atoms with E-state index >= 15 is 0 Å². The third-order valence-electron chi connectivity index (χ3n) is 2.25. The molecule has 0 radical (unpaired) electrons. The highest BCUT2D eigenvalue weighted by molar-refractivity contribution is 4.97. The average molecular weight is 155 g/mol. The predicted octanol–water partition coefficient (Wildman–Crippen LogP) is 2.93. The summed E-state index contributed by atoms with van der Waals surface area (Å²) in [6.07, 6.45) is 2.33. The quantitative estimate of drug-likeness (QED) is 0.643. The summed E-state index contributed by atoms with van der Waals surface area (Å²) < 4.78 is 0. The van der Waals surface area contributed by atoms with Gasteiger partial charge in [0.2, 0.25) is 0 Å². The maximum atomic E-state index is 4.00. The lowest BCUT2D eigenvalue weighted by atomic mass is 10.1. The highest BCUT2D eigenvalue weighted by atomic mass is 14.9. The van der Waals surface area contributed by atoms with E-state index in [0.717, 1.165) is 6.42 Å². The van der Waals surface area contributed by atoms with E-state index in [1.54, 1.807) is 0 Å². The second-order valence-corrected chi connectivity index (χ2v) is 3.29. The Balaban J connectivity index is 3.68. The molecule has 2 atom stereocenters. The third kappa shape index (κ3) is 4.07. The molecule has 0 fully saturated rings. The molecular weight excluding hydrogens is 134 g/mol. The first-order chi connectivity index (χ1) is 5.11. The van der Waals surface area contributed by atoms with Crippen molar-refractivity contribution in [2.75, 3.05) is 0 Å². The Morgan fingerprint density at radius 2 is 1.82 bits per heavy atom. The Hall–Kier alpha value is -0.460. The Morgan fingerprint density at radius 1 is 1.27 bits per heavy atom. The van der Waals surface area contributed by atoms with E-state index in [1.807, 2.05) is 0 Å². The van der Waals surface area contributed by atoms with Gasteiger partial charge in [0, 0.05) is 11.7 Å². The highest BCUT2D eigenvalue weighted by Gasteiger charge is 2.05. The van der Waals surface area contributed by atoms with Crippen LogP contribution in [0.15, 0.2) is 12.3 Å². The van der Waals surface area contributed by atoms with Gasteiger partial charge in [-0.3, -0.25) is 0 Å². The molecule has 0 bridgehead atoms. The van der Waals surface area contributed by atoms with Gasteiger partial charge in [-0.05, 0) is 25.7 Å². The smallest absolute Gasteiger partial charge is 0.0227 e. The number of nitrogens with one attached hydrogen (secondary N) is 1. The molecule has 0 saturated carbocycles. The van der Waals surface area contributed by atoms with Crippen LogP contribution in [0, 0.1) is 5.92 Å². The molecule has 66 valence electrons. The molecule has 0 saturated heterocycles. The van der Waals surface area contributed by atoms with E-state index in [9.17, 15) is 0 Å². The first kappa shape index (κ1) is 10.5. The van der Waals surface area contributed by atoms with Crippen molar-refractivity contribution >= 4 is 0 Å². The molecule has 0 aliphatic heterocycles. The van der Waals surface area contributed by atoms with Gasteiger partial charge in [0.15, 0.2) is 0 Å². The molecule has 0 aromatic rings. The molecule has 0 aliphatic rings. The summed E-state index contributed by atoms with van der Waals surface area (Å²) in [6.45, 7) is 12.8. The Bertz CT molecular complexity index is 118. The van der Waals surface area contributed by atoms with Gasteiger partial charge in [-0.1, -0.05) is 27.4 Å². The highest BCUT2D eigenvalue weighted by Crippen LogP contribution is 2.09. The van der Waals surface area contributed by atoms with Crippen LogP contribution < -0.4 is 5.32 Å². The van der Waals surface area contributed by atoms with Crippen molar-refractivity contribution in [2.45, 2.75) is 46.6 Å². The van der Waals surface area contributed by atoms with Crippen molar-refractivity contribution in [3.05, 3.63) is 12.3 Å². The van der Waals surface area contributed by atoms with Crippen LogP contribution in [0.3, 0.4) is 0 Å². The molecule has 2 unspecified atom stereocenters. The van der Waals surface area contributed by atoms with E-state index in [0.29, 0.717) is 12.0 Å². The summed E-state index contributed by atoms with van der Waals surface area (Å²) in [5.41, 5.74) is 1.18. The minimum Gasteiger partial charge on any atom is -0.386 e. The fraction of sp³-hybridized carbons (Fsp3) is 0.800. The van der Waals surface area contributed by atoms with E-state index in [-0.39, 0.29) is 0 Å². The lowest BCUT2D eigenvalue weighted by Gasteiger charge is -2.19. The number of hydrogen-bond acceptors (Lipinski definition) is 1. The first-order valence-electron chi connectivity index (χ1n) is 4.57. The van der Waals surface area contributed by atoms with Gasteiger partial charge in [0.05, 0.1) is 0 Å². The van der Waals surface area contributed by atoms with Crippen molar-refractivity contribution in [1.29, 1.82) is 0 Å². The molecule has 1 heteroatoms. The molecule has 1 nitrogen and oxygen atoms in total. The van der Waals surface area contributed by atoms with E-state index in [4.69, 9.17) is 0 Å². The summed E-state index contributed by atoms with van der Waals surface area (Å²) in [4.78, 5) is 0. The van der Waals surface area contributed by atoms with Crippen LogP contribution in [-0.4, -0.2) is 6.04 Å². The van der Waals surface area contributed by atoms with Crippen LogP contribution in [0.25, 0.3) is 0 Å². The van der Waals surface area contributed by atoms with Crippen molar-refractivity contribution in [3.8, 4) is 0 Å². The van der Waals surface area contributed by atoms with E-state index in [2.05, 4.69) is 39.6 Å². The summed E-state index contributed by atoms with van der Waals surface area (Å²) in [7, 11) is 0. The van der Waals surface area contributed by atoms with E-state index < -0.39 is 0 Å². The maximum Gasteiger partial charge on any atom is 0.0227 e. The van der Waals surface area contributed by atoms with Gasteiger partial charge < -0.3 is 5.32 Å². The van der Waals surface area contributed by atoms with Crippen LogP contribution in [0.1, 0.15) is 40.5 Å². The summed E-state index contributed by atoms with van der Waals surface area (Å²) in [6, 6.07) is 0.566. The zero-order chi connectivity index (χ0) is 8.85. The van der Waals surface area contributed by atoms with Gasteiger partial charge in [-0.25, -0.2) is 0 Å². The molecule has 1 N–H and O–H groups in total. The van der Waals surface area contributed by atoms with Gasteiger partial charge in [-0.15, -0.1) is 0 Å². The number of hydrogen-bond donors (Lipinski definition) is 1. The van der Waals surface area contributed by atoms with Gasteiger partial charge in [0.1, 0.15) is 0 Å². The lowest BCUT2D eigenvalue weighted by molar-refractivity contribution is 0.521. The fourth-order valence-corrected chi connectivity index (χ4v) is 0.807. The van der Waals surface area contributed by atoms with Gasteiger partial charge in [0.25, 0.3) is 0 Å². The molecule has 0 amide bonds. The van der Waals surface area contributed by atoms with Crippen LogP contribution >= 0.6 is 0 Å². The Labute approximate surface area is 70.9 Å². The Morgan fingerprint density at radius 3 is 2.18 bits per heavy atom. The van der Waals surface area contributed by atoms with Crippen LogP contribution in [0.4, 0.5) is 0 Å². The fourth-order valence-electron chi connectivity index (χ4n) is 0.807. The van der Waals surface area contributed by atoms with Crippen LogP contribution in [-0.2, 0) is 0 Å². The summed E-state index contributed by atoms with van der Waals surface area (Å²) >= 11 is 0. The molecule has 0 aromatic heterocycles. The molecule has 0 rings (SSSR count). The van der Waals surface area contributed by atoms with Crippen molar-refractivity contribution in [3.63, 3.8) is 0 Å². The van der Waals surface area contributed by atoms with Gasteiger partial charge in [-0.2, -0.15) is 0 Å². The topological polar surface area (TPSA) is 12.0 Å². The molecular formula is C10H21N.